The van der Waals surface area contributed by atoms with Gasteiger partial charge in [-0.15, -0.1) is 0 Å². The predicted octanol–water partition coefficient (Wildman–Crippen LogP) is 1.76. The van der Waals surface area contributed by atoms with Crippen LogP contribution in [0.4, 0.5) is 0 Å². The lowest BCUT2D eigenvalue weighted by Gasteiger charge is -2.07. The number of hydrogen-bond donors (Lipinski definition) is 2. The summed E-state index contributed by atoms with van der Waals surface area (Å²) in [5.41, 5.74) is 6.79. The van der Waals surface area contributed by atoms with Crippen LogP contribution >= 0.6 is 0 Å². The number of nitrogens with two attached hydrogens (primary N) is 1. The van der Waals surface area contributed by atoms with E-state index < -0.39 is 0 Å². The third-order valence-corrected chi connectivity index (χ3v) is 2.61. The highest BCUT2D eigenvalue weighted by atomic mass is 16.5. The average Bonchev–Trinajstić information content (AvgIpc) is 2.52. The number of hydrogen-bond acceptors (Lipinski definition) is 5. The number of amidine groups is 1. The largest absolute Gasteiger partial charge is 0.497 e. The molecule has 0 fully saturated rings. The number of rotatable bonds is 5. The first kappa shape index (κ1) is 13.7. The SMILES string of the molecule is COc1cccc(COc2cccc(C(N)=NO)n2)c1. The second kappa shape index (κ2) is 6.42. The molecule has 3 N–H and O–H groups in total. The van der Waals surface area contributed by atoms with Crippen molar-refractivity contribution in [3.63, 3.8) is 0 Å². The number of nitrogens with zero attached hydrogens (tertiary/aromatic N) is 2. The molecule has 0 atom stereocenters. The van der Waals surface area contributed by atoms with E-state index in [1.807, 2.05) is 24.3 Å². The van der Waals surface area contributed by atoms with Crippen LogP contribution in [0, 0.1) is 0 Å². The fourth-order valence-electron chi connectivity index (χ4n) is 1.61. The molecule has 0 saturated carbocycles. The highest BCUT2D eigenvalue weighted by Gasteiger charge is 2.04. The van der Waals surface area contributed by atoms with Gasteiger partial charge in [-0.25, -0.2) is 4.98 Å². The lowest BCUT2D eigenvalue weighted by atomic mass is 10.2. The van der Waals surface area contributed by atoms with Gasteiger partial charge in [0.15, 0.2) is 5.84 Å². The van der Waals surface area contributed by atoms with E-state index in [0.29, 0.717) is 18.2 Å². The van der Waals surface area contributed by atoms with Crippen LogP contribution in [0.2, 0.25) is 0 Å². The van der Waals surface area contributed by atoms with Crippen molar-refractivity contribution in [2.45, 2.75) is 6.61 Å². The van der Waals surface area contributed by atoms with Gasteiger partial charge in [-0.3, -0.25) is 0 Å². The molecule has 104 valence electrons. The Kier molecular flexibility index (Phi) is 4.39. The van der Waals surface area contributed by atoms with E-state index in [1.54, 1.807) is 25.3 Å². The van der Waals surface area contributed by atoms with Crippen molar-refractivity contribution < 1.29 is 14.7 Å². The van der Waals surface area contributed by atoms with Gasteiger partial charge in [0.25, 0.3) is 0 Å². The summed E-state index contributed by atoms with van der Waals surface area (Å²) < 4.78 is 10.7. The Labute approximate surface area is 116 Å². The van der Waals surface area contributed by atoms with Crippen LogP contribution in [0.1, 0.15) is 11.3 Å². The zero-order valence-corrected chi connectivity index (χ0v) is 11.0. The van der Waals surface area contributed by atoms with Gasteiger partial charge in [-0.1, -0.05) is 23.4 Å². The molecule has 6 nitrogen and oxygen atoms in total. The van der Waals surface area contributed by atoms with Crippen LogP contribution in [-0.4, -0.2) is 23.1 Å². The van der Waals surface area contributed by atoms with Crippen LogP contribution in [0.15, 0.2) is 47.6 Å². The molecule has 0 spiro atoms. The normalized spacial score (nSPS) is 11.2. The van der Waals surface area contributed by atoms with Crippen LogP contribution in [0.5, 0.6) is 11.6 Å². The van der Waals surface area contributed by atoms with E-state index in [0.717, 1.165) is 11.3 Å². The first-order valence-corrected chi connectivity index (χ1v) is 5.93. The summed E-state index contributed by atoms with van der Waals surface area (Å²) in [6, 6.07) is 12.6. The Morgan fingerprint density at radius 1 is 1.30 bits per heavy atom. The molecule has 1 aromatic heterocycles. The van der Waals surface area contributed by atoms with Crippen LogP contribution in [0.25, 0.3) is 0 Å². The predicted molar refractivity (Wildman–Crippen MR) is 74.1 cm³/mol. The van der Waals surface area contributed by atoms with E-state index in [1.165, 1.54) is 0 Å². The number of methoxy groups -OCH3 is 1. The number of oxime groups is 1. The minimum atomic E-state index is -0.0585. The highest BCUT2D eigenvalue weighted by Crippen LogP contribution is 2.15. The summed E-state index contributed by atoms with van der Waals surface area (Å²) in [4.78, 5) is 4.13. The Hall–Kier alpha value is -2.76. The molecule has 0 unspecified atom stereocenters. The smallest absolute Gasteiger partial charge is 0.214 e. The zero-order valence-electron chi connectivity index (χ0n) is 11.0. The standard InChI is InChI=1S/C14H15N3O3/c1-19-11-5-2-4-10(8-11)9-20-13-7-3-6-12(16-13)14(15)17-18/h2-8,18H,9H2,1H3,(H2,15,17). The molecule has 0 saturated heterocycles. The fourth-order valence-corrected chi connectivity index (χ4v) is 1.61. The van der Waals surface area contributed by atoms with Crippen LogP contribution in [-0.2, 0) is 6.61 Å². The summed E-state index contributed by atoms with van der Waals surface area (Å²) in [6.07, 6.45) is 0. The lowest BCUT2D eigenvalue weighted by Crippen LogP contribution is -2.15. The number of pyridine rings is 1. The maximum absolute atomic E-state index is 8.61. The van der Waals surface area contributed by atoms with E-state index in [4.69, 9.17) is 20.4 Å². The van der Waals surface area contributed by atoms with Crippen molar-refractivity contribution in [1.29, 1.82) is 0 Å². The first-order chi connectivity index (χ1) is 9.72. The molecule has 0 amide bonds. The molecule has 0 aliphatic heterocycles. The maximum atomic E-state index is 8.61. The molecule has 1 aromatic carbocycles. The van der Waals surface area contributed by atoms with Gasteiger partial charge >= 0.3 is 0 Å². The van der Waals surface area contributed by atoms with E-state index >= 15 is 0 Å². The molecule has 1 heterocycles. The fraction of sp³-hybridized carbons (Fsp3) is 0.143. The molecule has 0 aliphatic carbocycles. The monoisotopic (exact) mass is 273 g/mol. The second-order valence-electron chi connectivity index (χ2n) is 3.99. The summed E-state index contributed by atoms with van der Waals surface area (Å²) in [6.45, 7) is 0.351. The third kappa shape index (κ3) is 3.38. The summed E-state index contributed by atoms with van der Waals surface area (Å²) in [5, 5.41) is 11.5. The van der Waals surface area contributed by atoms with Crippen LogP contribution < -0.4 is 15.2 Å². The second-order valence-corrected chi connectivity index (χ2v) is 3.99. The summed E-state index contributed by atoms with van der Waals surface area (Å²) in [7, 11) is 1.61. The topological polar surface area (TPSA) is 90.0 Å². The number of ether oxygens (including phenoxy) is 2. The average molecular weight is 273 g/mol. The molecule has 20 heavy (non-hydrogen) atoms. The minimum absolute atomic E-state index is 0.0585. The maximum Gasteiger partial charge on any atom is 0.214 e. The Balaban J connectivity index is 2.07. The number of benzene rings is 1. The Morgan fingerprint density at radius 3 is 2.85 bits per heavy atom. The van der Waals surface area contributed by atoms with Gasteiger partial charge in [0.1, 0.15) is 18.1 Å². The van der Waals surface area contributed by atoms with Gasteiger partial charge in [0.2, 0.25) is 5.88 Å². The Bertz CT molecular complexity index is 614. The van der Waals surface area contributed by atoms with E-state index in [2.05, 4.69) is 10.1 Å². The molecule has 0 radical (unpaired) electrons. The van der Waals surface area contributed by atoms with E-state index in [9.17, 15) is 0 Å². The van der Waals surface area contributed by atoms with Gasteiger partial charge in [-0.2, -0.15) is 0 Å². The highest BCUT2D eigenvalue weighted by molar-refractivity contribution is 5.95. The molecular formula is C14H15N3O3. The van der Waals surface area contributed by atoms with Gasteiger partial charge in [0, 0.05) is 6.07 Å². The van der Waals surface area contributed by atoms with Gasteiger partial charge in [-0.05, 0) is 23.8 Å². The molecule has 2 rings (SSSR count). The molecule has 6 heteroatoms. The van der Waals surface area contributed by atoms with E-state index in [-0.39, 0.29) is 5.84 Å². The van der Waals surface area contributed by atoms with Gasteiger partial charge in [0.05, 0.1) is 7.11 Å². The van der Waals surface area contributed by atoms with Gasteiger partial charge < -0.3 is 20.4 Å². The van der Waals surface area contributed by atoms with Crippen molar-refractivity contribution in [3.8, 4) is 11.6 Å². The van der Waals surface area contributed by atoms with Crippen molar-refractivity contribution in [1.82, 2.24) is 4.98 Å². The Morgan fingerprint density at radius 2 is 2.10 bits per heavy atom. The molecular weight excluding hydrogens is 258 g/mol. The third-order valence-electron chi connectivity index (χ3n) is 2.61. The lowest BCUT2D eigenvalue weighted by molar-refractivity contribution is 0.292. The van der Waals surface area contributed by atoms with Crippen molar-refractivity contribution >= 4 is 5.84 Å². The first-order valence-electron chi connectivity index (χ1n) is 5.93. The molecule has 2 aromatic rings. The number of aromatic nitrogens is 1. The summed E-state index contributed by atoms with van der Waals surface area (Å²) >= 11 is 0. The van der Waals surface area contributed by atoms with Crippen molar-refractivity contribution in [2.75, 3.05) is 7.11 Å². The van der Waals surface area contributed by atoms with Crippen LogP contribution in [0.3, 0.4) is 0 Å². The minimum Gasteiger partial charge on any atom is -0.497 e. The quantitative estimate of drug-likeness (QED) is 0.375. The van der Waals surface area contributed by atoms with Crippen molar-refractivity contribution in [3.05, 3.63) is 53.7 Å². The van der Waals surface area contributed by atoms with Crippen molar-refractivity contribution in [2.24, 2.45) is 10.9 Å². The molecule has 0 aliphatic rings. The molecule has 0 bridgehead atoms. The summed E-state index contributed by atoms with van der Waals surface area (Å²) in [5.74, 6) is 1.11. The zero-order chi connectivity index (χ0) is 14.4.